The minimum Gasteiger partial charge on any atom is -0.427 e. The minimum absolute atomic E-state index is 0.0344. The second kappa shape index (κ2) is 11.2. The molecule has 2 aromatic carbocycles. The molecule has 43 heavy (non-hydrogen) atoms. The monoisotopic (exact) mass is 601 g/mol. The smallest absolute Gasteiger partial charge is 0.418 e. The summed E-state index contributed by atoms with van der Waals surface area (Å²) in [5.74, 6) is -2.78. The minimum atomic E-state index is -4.80. The summed E-state index contributed by atoms with van der Waals surface area (Å²) < 4.78 is 61.4. The van der Waals surface area contributed by atoms with Crippen LogP contribution in [0, 0.1) is 5.82 Å². The molecule has 1 unspecified atom stereocenters. The van der Waals surface area contributed by atoms with Gasteiger partial charge in [-0.05, 0) is 42.2 Å². The summed E-state index contributed by atoms with van der Waals surface area (Å²) in [6.07, 6.45) is -2.20. The summed E-state index contributed by atoms with van der Waals surface area (Å²) in [6.45, 7) is -0.654. The molecular weight excluding hydrogens is 574 g/mol. The van der Waals surface area contributed by atoms with Gasteiger partial charge in [0.15, 0.2) is 0 Å². The molecule has 1 fully saturated rings. The number of nitrogens with zero attached hydrogens (tertiary/aromatic N) is 4. The Morgan fingerprint density at radius 2 is 1.84 bits per heavy atom. The predicted molar refractivity (Wildman–Crippen MR) is 142 cm³/mol. The average Bonchev–Trinajstić information content (AvgIpc) is 3.64. The maximum absolute atomic E-state index is 13.7. The highest BCUT2D eigenvalue weighted by Crippen LogP contribution is 2.46. The fraction of sp³-hybridized carbons (Fsp3) is 0.345. The quantitative estimate of drug-likeness (QED) is 0.396. The van der Waals surface area contributed by atoms with Crippen molar-refractivity contribution in [2.24, 2.45) is 0 Å². The highest BCUT2D eigenvalue weighted by Gasteiger charge is 2.58. The van der Waals surface area contributed by atoms with Crippen LogP contribution in [0.15, 0.2) is 54.9 Å². The van der Waals surface area contributed by atoms with E-state index in [2.05, 4.69) is 10.4 Å². The predicted octanol–water partition coefficient (Wildman–Crippen LogP) is 3.54. The first-order chi connectivity index (χ1) is 20.3. The summed E-state index contributed by atoms with van der Waals surface area (Å²) in [4.78, 5) is 52.4. The maximum atomic E-state index is 13.7. The molecule has 4 amide bonds. The van der Waals surface area contributed by atoms with Crippen LogP contribution >= 0.6 is 0 Å². The number of alkyl halides is 3. The Kier molecular flexibility index (Phi) is 7.71. The zero-order chi connectivity index (χ0) is 31.1. The number of rotatable bonds is 8. The van der Waals surface area contributed by atoms with E-state index in [1.807, 2.05) is 6.07 Å². The van der Waals surface area contributed by atoms with Crippen LogP contribution in [0.5, 0.6) is 0 Å². The number of hydrogen-bond acceptors (Lipinski definition) is 6. The van der Waals surface area contributed by atoms with E-state index in [4.69, 9.17) is 4.74 Å². The number of carbonyl (C=O) groups excluding carboxylic acids is 4. The van der Waals surface area contributed by atoms with Crippen molar-refractivity contribution in [2.45, 2.75) is 50.7 Å². The van der Waals surface area contributed by atoms with Crippen LogP contribution in [0.1, 0.15) is 30.0 Å². The second-order valence-electron chi connectivity index (χ2n) is 10.4. The zero-order valence-electron chi connectivity index (χ0n) is 23.2. The number of amides is 4. The summed E-state index contributed by atoms with van der Waals surface area (Å²) in [7, 11) is 1.52. The Balaban J connectivity index is 1.36. The number of aryl methyl sites for hydroxylation is 1. The summed E-state index contributed by atoms with van der Waals surface area (Å²) in [5, 5.41) is 6.69. The van der Waals surface area contributed by atoms with Crippen LogP contribution in [0.2, 0.25) is 0 Å². The normalized spacial score (nSPS) is 18.5. The lowest BCUT2D eigenvalue weighted by molar-refractivity contribution is -0.187. The molecule has 1 aliphatic carbocycles. The molecule has 1 N–H and O–H groups in total. The van der Waals surface area contributed by atoms with Gasteiger partial charge in [-0.2, -0.15) is 18.3 Å². The highest BCUT2D eigenvalue weighted by atomic mass is 19.4. The van der Waals surface area contributed by atoms with Crippen molar-refractivity contribution >= 4 is 23.8 Å². The molecule has 10 nitrogen and oxygen atoms in total. The molecule has 0 radical (unpaired) electrons. The topological polar surface area (TPSA) is 114 Å². The van der Waals surface area contributed by atoms with Gasteiger partial charge < -0.3 is 15.0 Å². The molecule has 1 aromatic heterocycles. The number of nitrogens with one attached hydrogen (secondary N) is 1. The fourth-order valence-corrected chi connectivity index (χ4v) is 5.29. The van der Waals surface area contributed by atoms with E-state index in [-0.39, 0.29) is 24.4 Å². The van der Waals surface area contributed by atoms with Gasteiger partial charge in [0.25, 0.3) is 5.91 Å². The van der Waals surface area contributed by atoms with Crippen LogP contribution in [-0.2, 0) is 44.2 Å². The Hall–Kier alpha value is -4.75. The number of likely N-dealkylation sites (N-methyl/N-ethyl adjacent to an activating group) is 1. The van der Waals surface area contributed by atoms with Gasteiger partial charge in [-0.3, -0.25) is 19.1 Å². The zero-order valence-corrected chi connectivity index (χ0v) is 23.2. The largest absolute Gasteiger partial charge is 0.427 e. The van der Waals surface area contributed by atoms with Crippen molar-refractivity contribution in [1.82, 2.24) is 24.9 Å². The number of fused-ring (bicyclic) bond motifs is 2. The van der Waals surface area contributed by atoms with Crippen LogP contribution in [0.3, 0.4) is 0 Å². The molecule has 14 heteroatoms. The molecule has 1 saturated heterocycles. The third-order valence-corrected chi connectivity index (χ3v) is 7.73. The molecule has 2 heterocycles. The van der Waals surface area contributed by atoms with Crippen molar-refractivity contribution in [1.29, 1.82) is 0 Å². The van der Waals surface area contributed by atoms with Gasteiger partial charge in [-0.1, -0.05) is 30.3 Å². The van der Waals surface area contributed by atoms with E-state index < -0.39 is 54.6 Å². The number of hydrogen-bond donors (Lipinski definition) is 1. The lowest BCUT2D eigenvalue weighted by atomic mass is 9.93. The number of ether oxygens (including phenoxy) is 1. The van der Waals surface area contributed by atoms with E-state index in [0.29, 0.717) is 21.8 Å². The van der Waals surface area contributed by atoms with Gasteiger partial charge in [0.2, 0.25) is 17.4 Å². The lowest BCUT2D eigenvalue weighted by Gasteiger charge is -2.31. The van der Waals surface area contributed by atoms with Crippen molar-refractivity contribution in [3.05, 3.63) is 77.4 Å². The van der Waals surface area contributed by atoms with Crippen molar-refractivity contribution in [3.8, 4) is 11.1 Å². The van der Waals surface area contributed by atoms with E-state index in [0.717, 1.165) is 35.7 Å². The SMILES string of the molecule is CNC(=O)Cn1cc(-c2ccc3c(c2)CC[C@@]32OC(=O)N(CC(=O)N(Cc3ccc(F)cc3)C(C)C(F)(F)F)C2=O)cn1. The van der Waals surface area contributed by atoms with Crippen LogP contribution in [0.25, 0.3) is 11.1 Å². The molecule has 2 atom stereocenters. The number of imide groups is 1. The Morgan fingerprint density at radius 3 is 2.51 bits per heavy atom. The molecule has 2 aliphatic rings. The summed E-state index contributed by atoms with van der Waals surface area (Å²) in [5.41, 5.74) is 1.14. The second-order valence-corrected chi connectivity index (χ2v) is 10.4. The molecule has 3 aromatic rings. The number of aromatic nitrogens is 2. The Bertz CT molecular complexity index is 1590. The summed E-state index contributed by atoms with van der Waals surface area (Å²) in [6, 6.07) is 7.52. The van der Waals surface area contributed by atoms with Crippen molar-refractivity contribution < 1.29 is 41.5 Å². The number of benzene rings is 2. The third kappa shape index (κ3) is 5.68. The van der Waals surface area contributed by atoms with E-state index in [9.17, 15) is 36.7 Å². The third-order valence-electron chi connectivity index (χ3n) is 7.73. The molecule has 1 spiro atoms. The van der Waals surface area contributed by atoms with Crippen molar-refractivity contribution in [3.63, 3.8) is 0 Å². The first kappa shape index (κ1) is 29.7. The molecule has 0 saturated carbocycles. The number of carbonyl (C=O) groups is 4. The van der Waals surface area contributed by atoms with Crippen LogP contribution in [-0.4, -0.2) is 69.2 Å². The summed E-state index contributed by atoms with van der Waals surface area (Å²) >= 11 is 0. The first-order valence-electron chi connectivity index (χ1n) is 13.3. The molecule has 0 bridgehead atoms. The van der Waals surface area contributed by atoms with Crippen LogP contribution < -0.4 is 5.32 Å². The number of halogens is 4. The maximum Gasteiger partial charge on any atom is 0.418 e. The fourth-order valence-electron chi connectivity index (χ4n) is 5.29. The molecular formula is C29H27F4N5O5. The van der Waals surface area contributed by atoms with E-state index in [1.165, 1.54) is 23.9 Å². The van der Waals surface area contributed by atoms with E-state index >= 15 is 0 Å². The first-order valence-corrected chi connectivity index (χ1v) is 13.3. The highest BCUT2D eigenvalue weighted by molar-refractivity contribution is 6.06. The van der Waals surface area contributed by atoms with Crippen LogP contribution in [0.4, 0.5) is 22.4 Å². The lowest BCUT2D eigenvalue weighted by Crippen LogP contribution is -2.51. The van der Waals surface area contributed by atoms with E-state index in [1.54, 1.807) is 24.5 Å². The van der Waals surface area contributed by atoms with Gasteiger partial charge in [0, 0.05) is 37.3 Å². The van der Waals surface area contributed by atoms with Gasteiger partial charge in [-0.15, -0.1) is 0 Å². The van der Waals surface area contributed by atoms with Gasteiger partial charge in [0.05, 0.1) is 6.20 Å². The van der Waals surface area contributed by atoms with Crippen molar-refractivity contribution in [2.75, 3.05) is 13.6 Å². The standard InChI is InChI=1S/C29H27F4N5O5/c1-17(29(31,32)33)37(13-18-3-6-22(30)7-4-18)25(40)16-38-26(41)28(43-27(38)42)10-9-20-11-19(5-8-23(20)28)21-12-35-36(14-21)15-24(39)34-2/h3-8,11-12,14,17H,9-10,13,15-16H2,1-2H3,(H,34,39)/t17?,28-/m1/s1. The van der Waals surface area contributed by atoms with Gasteiger partial charge >= 0.3 is 12.3 Å². The molecule has 1 aliphatic heterocycles. The van der Waals surface area contributed by atoms with Gasteiger partial charge in [-0.25, -0.2) is 14.1 Å². The Labute approximate surface area is 243 Å². The average molecular weight is 602 g/mol. The molecule has 5 rings (SSSR count). The molecule has 226 valence electrons. The van der Waals surface area contributed by atoms with Gasteiger partial charge in [0.1, 0.15) is 24.9 Å². The Morgan fingerprint density at radius 1 is 1.12 bits per heavy atom.